The average Bonchev–Trinajstić information content (AvgIpc) is 3.49. The second kappa shape index (κ2) is 15.8. The van der Waals surface area contributed by atoms with Crippen molar-refractivity contribution in [2.45, 2.75) is 66.5 Å². The summed E-state index contributed by atoms with van der Waals surface area (Å²) >= 11 is 7.40. The monoisotopic (exact) mass is 796 g/mol. The third-order valence-electron chi connectivity index (χ3n) is 8.20. The van der Waals surface area contributed by atoms with Gasteiger partial charge in [0.2, 0.25) is 0 Å². The SMILES string of the molecule is CCOP(=O)(CCCCn1c2ccc(Br)cc2c2ccc3c4cc(Br)ccc4n(CCCCP(=O)(OCC)OCC)c3c21)OCC. The Balaban J connectivity index is 1.57. The molecule has 5 aromatic rings. The number of fused-ring (bicyclic) bond motifs is 7. The van der Waals surface area contributed by atoms with E-state index in [0.717, 1.165) is 58.8 Å². The minimum Gasteiger partial charge on any atom is -0.339 e. The van der Waals surface area contributed by atoms with E-state index in [9.17, 15) is 9.13 Å². The molecular formula is C34H44Br2N2O6P2. The number of benzene rings is 3. The van der Waals surface area contributed by atoms with Crippen molar-refractivity contribution in [2.75, 3.05) is 38.8 Å². The average molecular weight is 798 g/mol. The van der Waals surface area contributed by atoms with Gasteiger partial charge in [0.15, 0.2) is 0 Å². The standard InChI is InChI=1S/C34H44Br2N2O6P2/c1-5-41-45(39,42-6-2)21-11-9-19-37-31-17-13-25(35)23-29(31)27-15-16-28-30-24-26(36)14-18-32(30)38(34(28)33(27)37)20-10-12-22-46(40,43-7-3)44-8-4/h13-18,23-24H,5-12,19-22H2,1-4H3. The van der Waals surface area contributed by atoms with Gasteiger partial charge in [-0.25, -0.2) is 0 Å². The molecule has 0 spiro atoms. The molecule has 3 aromatic carbocycles. The smallest absolute Gasteiger partial charge is 0.330 e. The van der Waals surface area contributed by atoms with Gasteiger partial charge in [-0.1, -0.05) is 44.0 Å². The van der Waals surface area contributed by atoms with Crippen LogP contribution < -0.4 is 0 Å². The highest BCUT2D eigenvalue weighted by molar-refractivity contribution is 9.10. The molecule has 2 aromatic heterocycles. The van der Waals surface area contributed by atoms with E-state index < -0.39 is 15.2 Å². The van der Waals surface area contributed by atoms with Crippen LogP contribution in [0.3, 0.4) is 0 Å². The summed E-state index contributed by atoms with van der Waals surface area (Å²) in [5, 5.41) is 4.76. The molecule has 0 saturated heterocycles. The van der Waals surface area contributed by atoms with Crippen LogP contribution in [0.15, 0.2) is 57.5 Å². The molecule has 0 radical (unpaired) electrons. The third kappa shape index (κ3) is 7.71. The molecule has 8 nitrogen and oxygen atoms in total. The molecule has 0 unspecified atom stereocenters. The van der Waals surface area contributed by atoms with Gasteiger partial charge in [0, 0.05) is 54.6 Å². The van der Waals surface area contributed by atoms with E-state index in [1.807, 2.05) is 27.7 Å². The van der Waals surface area contributed by atoms with Crippen molar-refractivity contribution < 1.29 is 27.2 Å². The van der Waals surface area contributed by atoms with Gasteiger partial charge in [0.05, 0.1) is 49.8 Å². The molecule has 0 bridgehead atoms. The molecule has 0 atom stereocenters. The summed E-state index contributed by atoms with van der Waals surface area (Å²) in [4.78, 5) is 0. The molecule has 12 heteroatoms. The Morgan fingerprint density at radius 3 is 1.26 bits per heavy atom. The van der Waals surface area contributed by atoms with E-state index >= 15 is 0 Å². The predicted molar refractivity (Wildman–Crippen MR) is 198 cm³/mol. The largest absolute Gasteiger partial charge is 0.339 e. The van der Waals surface area contributed by atoms with E-state index in [4.69, 9.17) is 18.1 Å². The van der Waals surface area contributed by atoms with Gasteiger partial charge in [0.25, 0.3) is 0 Å². The van der Waals surface area contributed by atoms with Gasteiger partial charge in [-0.15, -0.1) is 0 Å². The summed E-state index contributed by atoms with van der Waals surface area (Å²) in [6, 6.07) is 17.4. The summed E-state index contributed by atoms with van der Waals surface area (Å²) in [5.74, 6) is 0. The van der Waals surface area contributed by atoms with Crippen LogP contribution in [0.1, 0.15) is 53.4 Å². The van der Waals surface area contributed by atoms with Gasteiger partial charge in [0.1, 0.15) is 0 Å². The first-order chi connectivity index (χ1) is 22.2. The van der Waals surface area contributed by atoms with Crippen LogP contribution in [0.25, 0.3) is 43.6 Å². The number of aryl methyl sites for hydroxylation is 2. The molecule has 5 rings (SSSR count). The molecule has 0 aliphatic rings. The minimum absolute atomic E-state index is 0.368. The Morgan fingerprint density at radius 1 is 0.543 bits per heavy atom. The first kappa shape index (κ1) is 35.8. The summed E-state index contributed by atoms with van der Waals surface area (Å²) in [7, 11) is -6.20. The number of nitrogens with zero attached hydrogens (tertiary/aromatic N) is 2. The predicted octanol–water partition coefficient (Wildman–Crippen LogP) is 11.5. The van der Waals surface area contributed by atoms with Crippen molar-refractivity contribution in [3.63, 3.8) is 0 Å². The van der Waals surface area contributed by atoms with Crippen LogP contribution in [-0.4, -0.2) is 47.9 Å². The van der Waals surface area contributed by atoms with Gasteiger partial charge >= 0.3 is 15.2 Å². The Bertz CT molecular complexity index is 1760. The van der Waals surface area contributed by atoms with Crippen molar-refractivity contribution >= 4 is 90.7 Å². The van der Waals surface area contributed by atoms with Crippen molar-refractivity contribution in [1.29, 1.82) is 0 Å². The molecule has 46 heavy (non-hydrogen) atoms. The highest BCUT2D eigenvalue weighted by Crippen LogP contribution is 2.50. The zero-order valence-corrected chi connectivity index (χ0v) is 32.1. The lowest BCUT2D eigenvalue weighted by atomic mass is 10.1. The van der Waals surface area contributed by atoms with Crippen molar-refractivity contribution in [3.05, 3.63) is 57.5 Å². The van der Waals surface area contributed by atoms with E-state index in [2.05, 4.69) is 89.5 Å². The zero-order chi connectivity index (χ0) is 32.9. The molecule has 2 heterocycles. The fourth-order valence-electron chi connectivity index (χ4n) is 6.46. The Morgan fingerprint density at radius 2 is 0.913 bits per heavy atom. The van der Waals surface area contributed by atoms with Crippen LogP contribution in [0.2, 0.25) is 0 Å². The maximum atomic E-state index is 13.1. The molecule has 0 aliphatic carbocycles. The topological polar surface area (TPSA) is 80.9 Å². The molecule has 0 N–H and O–H groups in total. The fourth-order valence-corrected chi connectivity index (χ4v) is 10.6. The second-order valence-corrected chi connectivity index (χ2v) is 17.4. The molecule has 0 aliphatic heterocycles. The maximum Gasteiger partial charge on any atom is 0.330 e. The summed E-state index contributed by atoms with van der Waals surface area (Å²) < 4.78 is 55.4. The van der Waals surface area contributed by atoms with E-state index in [1.54, 1.807) is 0 Å². The summed E-state index contributed by atoms with van der Waals surface area (Å²) in [6.07, 6.45) is 3.89. The number of unbranched alkanes of at least 4 members (excludes halogenated alkanes) is 2. The van der Waals surface area contributed by atoms with Crippen LogP contribution in [0, 0.1) is 0 Å². The highest BCUT2D eigenvalue weighted by atomic mass is 79.9. The number of hydrogen-bond donors (Lipinski definition) is 0. The molecule has 250 valence electrons. The summed E-state index contributed by atoms with van der Waals surface area (Å²) in [6.45, 7) is 10.4. The maximum absolute atomic E-state index is 13.1. The molecule has 0 saturated carbocycles. The number of aromatic nitrogens is 2. The number of rotatable bonds is 18. The zero-order valence-electron chi connectivity index (χ0n) is 27.1. The Labute approximate surface area is 288 Å². The summed E-state index contributed by atoms with van der Waals surface area (Å²) in [5.41, 5.74) is 4.70. The number of hydrogen-bond acceptors (Lipinski definition) is 6. The minimum atomic E-state index is -3.10. The Kier molecular flexibility index (Phi) is 12.3. The fraction of sp³-hybridized carbons (Fsp3) is 0.471. The van der Waals surface area contributed by atoms with Gasteiger partial charge in [-0.3, -0.25) is 9.13 Å². The Hall–Kier alpha value is -1.48. The van der Waals surface area contributed by atoms with Gasteiger partial charge < -0.3 is 27.2 Å². The van der Waals surface area contributed by atoms with E-state index in [1.165, 1.54) is 32.6 Å². The quantitative estimate of drug-likeness (QED) is 0.0649. The lowest BCUT2D eigenvalue weighted by Gasteiger charge is -2.17. The first-order valence-electron chi connectivity index (χ1n) is 16.3. The van der Waals surface area contributed by atoms with Crippen molar-refractivity contribution in [2.24, 2.45) is 0 Å². The van der Waals surface area contributed by atoms with Crippen LogP contribution in [0.4, 0.5) is 0 Å². The lowest BCUT2D eigenvalue weighted by Crippen LogP contribution is -2.05. The van der Waals surface area contributed by atoms with Gasteiger partial charge in [-0.2, -0.15) is 0 Å². The van der Waals surface area contributed by atoms with Gasteiger partial charge in [-0.05, 0) is 89.8 Å². The normalized spacial score (nSPS) is 12.8. The molecule has 0 amide bonds. The highest BCUT2D eigenvalue weighted by Gasteiger charge is 2.25. The van der Waals surface area contributed by atoms with Crippen molar-refractivity contribution in [3.8, 4) is 0 Å². The first-order valence-corrected chi connectivity index (χ1v) is 21.3. The molecule has 0 fully saturated rings. The van der Waals surface area contributed by atoms with Crippen LogP contribution >= 0.6 is 47.1 Å². The van der Waals surface area contributed by atoms with Crippen LogP contribution in [0.5, 0.6) is 0 Å². The molecular weight excluding hydrogens is 754 g/mol. The van der Waals surface area contributed by atoms with Crippen molar-refractivity contribution in [1.82, 2.24) is 9.13 Å². The third-order valence-corrected chi connectivity index (χ3v) is 13.5. The second-order valence-electron chi connectivity index (χ2n) is 11.2. The van der Waals surface area contributed by atoms with E-state index in [0.29, 0.717) is 38.8 Å². The number of halogens is 2. The van der Waals surface area contributed by atoms with E-state index in [-0.39, 0.29) is 0 Å². The lowest BCUT2D eigenvalue weighted by molar-refractivity contribution is 0.218. The van der Waals surface area contributed by atoms with Crippen LogP contribution in [-0.2, 0) is 40.3 Å².